The number of hydrogen-bond donors (Lipinski definition) is 0. The van der Waals surface area contributed by atoms with Crippen LogP contribution in [0.4, 0.5) is 0 Å². The van der Waals surface area contributed by atoms with Crippen LogP contribution in [0.3, 0.4) is 0 Å². The Morgan fingerprint density at radius 2 is 1.07 bits per heavy atom. The van der Waals surface area contributed by atoms with Crippen LogP contribution in [0.15, 0.2) is 164 Å². The lowest BCUT2D eigenvalue weighted by Crippen LogP contribution is -2.18. The van der Waals surface area contributed by atoms with Crippen LogP contribution in [-0.4, -0.2) is 0 Å². The topological polar surface area (TPSA) is 0 Å². The third-order valence-electron chi connectivity index (χ3n) is 11.2. The van der Waals surface area contributed by atoms with E-state index in [0.717, 1.165) is 6.42 Å². The molecule has 11 rings (SSSR count). The summed E-state index contributed by atoms with van der Waals surface area (Å²) in [6.07, 6.45) is 5.61. The zero-order valence-electron chi connectivity index (χ0n) is 29.8. The van der Waals surface area contributed by atoms with Gasteiger partial charge in [-0.3, -0.25) is 0 Å². The van der Waals surface area contributed by atoms with Crippen LogP contribution in [0, 0.1) is 0 Å². The Morgan fingerprint density at radius 1 is 0.426 bits per heavy atom. The van der Waals surface area contributed by atoms with Crippen molar-refractivity contribution < 1.29 is 0 Å². The van der Waals surface area contributed by atoms with E-state index in [9.17, 15) is 0 Å². The molecule has 254 valence electrons. The molecule has 0 aliphatic carbocycles. The lowest BCUT2D eigenvalue weighted by Gasteiger charge is -2.18. The predicted molar refractivity (Wildman–Crippen MR) is 240 cm³/mol. The first kappa shape index (κ1) is 31.5. The van der Waals surface area contributed by atoms with Gasteiger partial charge in [-0.05, 0) is 120 Å². The van der Waals surface area contributed by atoms with Crippen molar-refractivity contribution in [3.63, 3.8) is 0 Å². The molecule has 2 aromatic heterocycles. The van der Waals surface area contributed by atoms with Crippen molar-refractivity contribution >= 4 is 108 Å². The normalized spacial score (nSPS) is 12.8. The molecule has 0 fully saturated rings. The van der Waals surface area contributed by atoms with E-state index in [4.69, 9.17) is 0 Å². The van der Waals surface area contributed by atoms with Gasteiger partial charge in [-0.2, -0.15) is 0 Å². The Morgan fingerprint density at radius 3 is 1.81 bits per heavy atom. The molecule has 2 heteroatoms. The van der Waals surface area contributed by atoms with Crippen LogP contribution < -0.4 is 9.75 Å². The molecule has 54 heavy (non-hydrogen) atoms. The molecule has 11 aromatic rings. The first-order valence-corrected chi connectivity index (χ1v) is 20.3. The highest BCUT2D eigenvalue weighted by atomic mass is 32.1. The minimum atomic E-state index is 0.853. The summed E-state index contributed by atoms with van der Waals surface area (Å²) in [5, 5.41) is 15.7. The SMILES string of the molecule is C/C=c1/sc2ccc3cc4sc5ccccc5c4cc3c2/c1=C/Cc1cccc(-c2c3ccccc3c(-c3ccc4ccccc4c3)c3ccccc23)c1. The smallest absolute Gasteiger partial charge is 0.0361 e. The zero-order chi connectivity index (χ0) is 35.8. The molecule has 0 N–H and O–H groups in total. The van der Waals surface area contributed by atoms with Crippen LogP contribution in [-0.2, 0) is 6.42 Å². The standard InChI is InChI=1S/C52H34S2/c1-2-46-43(52-44-31-45-38-16-9-10-21-47(38)54-49(45)30-35(44)25-27-48(52)53-46)26-22-32-12-11-15-36(28-32)50-39-17-5-7-19-41(39)51(42-20-8-6-18-40(42)50)37-24-23-33-13-3-4-14-34(33)29-37/h2-21,23-31H,22H2,1H3/b43-26+,46-2+. The Bertz CT molecular complexity index is 3370. The quantitative estimate of drug-likeness (QED) is 0.159. The van der Waals surface area contributed by atoms with Gasteiger partial charge < -0.3 is 0 Å². The van der Waals surface area contributed by atoms with Crippen LogP contribution in [0.2, 0.25) is 0 Å². The maximum atomic E-state index is 2.47. The summed E-state index contributed by atoms with van der Waals surface area (Å²) in [7, 11) is 0. The van der Waals surface area contributed by atoms with Gasteiger partial charge in [0.2, 0.25) is 0 Å². The third-order valence-corrected chi connectivity index (χ3v) is 13.6. The molecule has 0 aliphatic heterocycles. The monoisotopic (exact) mass is 722 g/mol. The molecular formula is C52H34S2. The maximum absolute atomic E-state index is 2.47. The molecule has 0 saturated heterocycles. The van der Waals surface area contributed by atoms with Crippen LogP contribution in [0.25, 0.3) is 108 Å². The van der Waals surface area contributed by atoms with Crippen LogP contribution >= 0.6 is 22.7 Å². The van der Waals surface area contributed by atoms with Crippen molar-refractivity contribution in [3.05, 3.63) is 179 Å². The fourth-order valence-electron chi connectivity index (χ4n) is 8.77. The highest BCUT2D eigenvalue weighted by Crippen LogP contribution is 2.44. The van der Waals surface area contributed by atoms with E-state index in [1.807, 2.05) is 22.7 Å². The second kappa shape index (κ2) is 12.5. The van der Waals surface area contributed by atoms with E-state index < -0.39 is 0 Å². The van der Waals surface area contributed by atoms with Crippen molar-refractivity contribution in [2.45, 2.75) is 13.3 Å². The number of rotatable bonds is 4. The number of hydrogen-bond acceptors (Lipinski definition) is 2. The van der Waals surface area contributed by atoms with Gasteiger partial charge >= 0.3 is 0 Å². The fourth-order valence-corrected chi connectivity index (χ4v) is 11.0. The van der Waals surface area contributed by atoms with Gasteiger partial charge in [0, 0.05) is 34.8 Å². The number of benzene rings is 9. The molecule has 0 aliphatic rings. The van der Waals surface area contributed by atoms with E-state index in [-0.39, 0.29) is 0 Å². The van der Waals surface area contributed by atoms with Gasteiger partial charge in [-0.1, -0.05) is 146 Å². The summed E-state index contributed by atoms with van der Waals surface area (Å²) in [6, 6.07) is 61.0. The van der Waals surface area contributed by atoms with Crippen molar-refractivity contribution in [2.75, 3.05) is 0 Å². The van der Waals surface area contributed by atoms with Crippen molar-refractivity contribution in [2.24, 2.45) is 0 Å². The van der Waals surface area contributed by atoms with Crippen molar-refractivity contribution in [1.29, 1.82) is 0 Å². The minimum absolute atomic E-state index is 0.853. The van der Waals surface area contributed by atoms with E-state index in [1.54, 1.807) is 0 Å². The number of fused-ring (bicyclic) bond motifs is 9. The highest BCUT2D eigenvalue weighted by Gasteiger charge is 2.17. The zero-order valence-corrected chi connectivity index (χ0v) is 31.4. The van der Waals surface area contributed by atoms with Gasteiger partial charge in [0.15, 0.2) is 0 Å². The lowest BCUT2D eigenvalue weighted by molar-refractivity contribution is 1.33. The first-order chi connectivity index (χ1) is 26.7. The van der Waals surface area contributed by atoms with Crippen molar-refractivity contribution in [1.82, 2.24) is 0 Å². The van der Waals surface area contributed by atoms with E-state index in [1.165, 1.54) is 111 Å². The summed E-state index contributed by atoms with van der Waals surface area (Å²) in [6.45, 7) is 2.17. The highest BCUT2D eigenvalue weighted by molar-refractivity contribution is 7.25. The molecule has 0 bridgehead atoms. The summed E-state index contributed by atoms with van der Waals surface area (Å²) in [5.74, 6) is 0. The molecule has 0 saturated carbocycles. The molecule has 9 aromatic carbocycles. The Hall–Kier alpha value is -6.06. The average molecular weight is 723 g/mol. The van der Waals surface area contributed by atoms with Gasteiger partial charge in [-0.25, -0.2) is 0 Å². The Kier molecular flexibility index (Phi) is 7.30. The fraction of sp³-hybridized carbons (Fsp3) is 0.0385. The van der Waals surface area contributed by atoms with E-state index >= 15 is 0 Å². The summed E-state index contributed by atoms with van der Waals surface area (Å²) >= 11 is 3.80. The molecular weight excluding hydrogens is 689 g/mol. The van der Waals surface area contributed by atoms with Gasteiger partial charge in [0.25, 0.3) is 0 Å². The Balaban J connectivity index is 1.08. The molecule has 0 radical (unpaired) electrons. The van der Waals surface area contributed by atoms with Gasteiger partial charge in [0.1, 0.15) is 0 Å². The lowest BCUT2D eigenvalue weighted by atomic mass is 9.85. The second-order valence-corrected chi connectivity index (χ2v) is 16.5. The van der Waals surface area contributed by atoms with E-state index in [2.05, 4.69) is 183 Å². The van der Waals surface area contributed by atoms with Gasteiger partial charge in [-0.15, -0.1) is 22.7 Å². The second-order valence-electron chi connectivity index (χ2n) is 14.3. The van der Waals surface area contributed by atoms with Crippen molar-refractivity contribution in [3.8, 4) is 22.3 Å². The third kappa shape index (κ3) is 4.95. The Labute approximate surface area is 321 Å². The van der Waals surface area contributed by atoms with Crippen LogP contribution in [0.1, 0.15) is 12.5 Å². The summed E-state index contributed by atoms with van der Waals surface area (Å²) < 4.78 is 5.39. The number of thiophene rings is 2. The molecule has 2 heterocycles. The summed E-state index contributed by atoms with van der Waals surface area (Å²) in [5.41, 5.74) is 6.42. The minimum Gasteiger partial charge on any atom is -0.136 e. The first-order valence-electron chi connectivity index (χ1n) is 18.7. The van der Waals surface area contributed by atoms with Gasteiger partial charge in [0.05, 0.1) is 0 Å². The average Bonchev–Trinajstić information content (AvgIpc) is 3.78. The molecule has 0 nitrogen and oxygen atoms in total. The largest absolute Gasteiger partial charge is 0.136 e. The summed E-state index contributed by atoms with van der Waals surface area (Å²) in [4.78, 5) is 0. The molecule has 0 amide bonds. The predicted octanol–water partition coefficient (Wildman–Crippen LogP) is 14.0. The molecule has 0 unspecified atom stereocenters. The van der Waals surface area contributed by atoms with Crippen LogP contribution in [0.5, 0.6) is 0 Å². The molecule has 0 spiro atoms. The maximum Gasteiger partial charge on any atom is 0.0361 e. The van der Waals surface area contributed by atoms with E-state index in [0.29, 0.717) is 0 Å². The molecule has 0 atom stereocenters.